The second-order valence-electron chi connectivity index (χ2n) is 6.03. The van der Waals surface area contributed by atoms with Crippen LogP contribution in [-0.2, 0) is 20.9 Å². The molecule has 7 nitrogen and oxygen atoms in total. The van der Waals surface area contributed by atoms with Crippen molar-refractivity contribution in [3.63, 3.8) is 0 Å². The zero-order valence-electron chi connectivity index (χ0n) is 15.7. The Kier molecular flexibility index (Phi) is 6.96. The largest absolute Gasteiger partial charge is 0.468 e. The van der Waals surface area contributed by atoms with Crippen LogP contribution in [0.1, 0.15) is 5.56 Å². The quantitative estimate of drug-likeness (QED) is 0.450. The van der Waals surface area contributed by atoms with E-state index in [0.29, 0.717) is 17.5 Å². The van der Waals surface area contributed by atoms with Crippen molar-refractivity contribution in [3.05, 3.63) is 66.0 Å². The Morgan fingerprint density at radius 2 is 1.83 bits per heavy atom. The number of carbonyl (C=O) groups excluding carboxylic acids is 2. The molecule has 1 heterocycles. The molecule has 1 N–H and O–H groups in total. The van der Waals surface area contributed by atoms with Crippen LogP contribution in [0.15, 0.2) is 59.8 Å². The highest BCUT2D eigenvalue weighted by atomic mass is 32.2. The number of hydrogen-bond acceptors (Lipinski definition) is 6. The second-order valence-corrected chi connectivity index (χ2v) is 6.97. The van der Waals surface area contributed by atoms with Gasteiger partial charge in [-0.25, -0.2) is 4.39 Å². The lowest BCUT2D eigenvalue weighted by Gasteiger charge is -2.10. The van der Waals surface area contributed by atoms with Gasteiger partial charge in [0.1, 0.15) is 12.4 Å². The van der Waals surface area contributed by atoms with E-state index in [1.165, 1.54) is 31.0 Å². The van der Waals surface area contributed by atoms with Crippen molar-refractivity contribution in [2.75, 3.05) is 19.4 Å². The molecule has 3 aromatic rings. The first kappa shape index (κ1) is 20.5. The maximum atomic E-state index is 13.3. The first-order chi connectivity index (χ1) is 14.1. The number of thioether (sulfide) groups is 1. The lowest BCUT2D eigenvalue weighted by molar-refractivity contribution is -0.140. The first-order valence-electron chi connectivity index (χ1n) is 8.76. The molecule has 29 heavy (non-hydrogen) atoms. The summed E-state index contributed by atoms with van der Waals surface area (Å²) in [5.74, 6) is -0.536. The number of nitrogens with one attached hydrogen (secondary N) is 1. The van der Waals surface area contributed by atoms with Gasteiger partial charge < -0.3 is 10.1 Å². The number of rotatable bonds is 8. The predicted molar refractivity (Wildman–Crippen MR) is 107 cm³/mol. The number of aromatic nitrogens is 3. The third-order valence-corrected chi connectivity index (χ3v) is 4.96. The van der Waals surface area contributed by atoms with Crippen LogP contribution in [0.4, 0.5) is 4.39 Å². The number of esters is 1. The summed E-state index contributed by atoms with van der Waals surface area (Å²) in [5, 5.41) is 11.5. The van der Waals surface area contributed by atoms with Crippen molar-refractivity contribution in [2.24, 2.45) is 0 Å². The molecule has 0 saturated heterocycles. The van der Waals surface area contributed by atoms with E-state index in [2.05, 4.69) is 20.3 Å². The summed E-state index contributed by atoms with van der Waals surface area (Å²) in [5.41, 5.74) is 1.75. The van der Waals surface area contributed by atoms with E-state index in [1.54, 1.807) is 12.1 Å². The van der Waals surface area contributed by atoms with Crippen LogP contribution in [0.5, 0.6) is 0 Å². The molecule has 0 fully saturated rings. The standard InChI is InChI=1S/C20H19FN4O3S/c1-28-18(27)11-22-17(26)13-29-20-24-23-19(15-7-9-16(21)10-8-15)25(20)12-14-5-3-2-4-6-14/h2-10H,11-13H2,1H3,(H,22,26). The summed E-state index contributed by atoms with van der Waals surface area (Å²) in [6, 6.07) is 15.8. The van der Waals surface area contributed by atoms with E-state index >= 15 is 0 Å². The SMILES string of the molecule is COC(=O)CNC(=O)CSc1nnc(-c2ccc(F)cc2)n1Cc1ccccc1. The molecule has 0 bridgehead atoms. The summed E-state index contributed by atoms with van der Waals surface area (Å²) in [6.45, 7) is 0.306. The highest BCUT2D eigenvalue weighted by Gasteiger charge is 2.16. The molecule has 0 unspecified atom stereocenters. The Balaban J connectivity index is 1.80. The minimum Gasteiger partial charge on any atom is -0.468 e. The van der Waals surface area contributed by atoms with Crippen LogP contribution in [0.25, 0.3) is 11.4 Å². The second kappa shape index (κ2) is 9.83. The summed E-state index contributed by atoms with van der Waals surface area (Å²) >= 11 is 1.20. The van der Waals surface area contributed by atoms with Gasteiger partial charge in [-0.05, 0) is 29.8 Å². The molecular formula is C20H19FN4O3S. The Morgan fingerprint density at radius 1 is 1.10 bits per heavy atom. The van der Waals surface area contributed by atoms with Crippen molar-refractivity contribution in [1.29, 1.82) is 0 Å². The highest BCUT2D eigenvalue weighted by molar-refractivity contribution is 7.99. The Bertz CT molecular complexity index is 977. The highest BCUT2D eigenvalue weighted by Crippen LogP contribution is 2.25. The van der Waals surface area contributed by atoms with Crippen LogP contribution in [0.3, 0.4) is 0 Å². The van der Waals surface area contributed by atoms with E-state index in [9.17, 15) is 14.0 Å². The van der Waals surface area contributed by atoms with Gasteiger partial charge in [-0.1, -0.05) is 42.1 Å². The Labute approximate surface area is 171 Å². The lowest BCUT2D eigenvalue weighted by atomic mass is 10.2. The summed E-state index contributed by atoms with van der Waals surface area (Å²) < 4.78 is 19.7. The number of halogens is 1. The molecule has 0 aliphatic rings. The lowest BCUT2D eigenvalue weighted by Crippen LogP contribution is -2.31. The molecule has 0 atom stereocenters. The first-order valence-corrected chi connectivity index (χ1v) is 9.74. The normalized spacial score (nSPS) is 10.6. The van der Waals surface area contributed by atoms with E-state index < -0.39 is 5.97 Å². The molecule has 9 heteroatoms. The van der Waals surface area contributed by atoms with Gasteiger partial charge in [0.05, 0.1) is 19.4 Å². The van der Waals surface area contributed by atoms with Crippen LogP contribution < -0.4 is 5.32 Å². The van der Waals surface area contributed by atoms with Gasteiger partial charge in [0.15, 0.2) is 11.0 Å². The van der Waals surface area contributed by atoms with Crippen LogP contribution in [0.2, 0.25) is 0 Å². The van der Waals surface area contributed by atoms with Crippen molar-refractivity contribution in [2.45, 2.75) is 11.7 Å². The van der Waals surface area contributed by atoms with Crippen molar-refractivity contribution >= 4 is 23.6 Å². The molecule has 3 rings (SSSR count). The molecule has 1 amide bonds. The molecule has 150 valence electrons. The predicted octanol–water partition coefficient (Wildman–Crippen LogP) is 2.51. The van der Waals surface area contributed by atoms with Crippen molar-refractivity contribution in [3.8, 4) is 11.4 Å². The van der Waals surface area contributed by atoms with Gasteiger partial charge in [-0.2, -0.15) is 0 Å². The average molecular weight is 414 g/mol. The third kappa shape index (κ3) is 5.64. The zero-order chi connectivity index (χ0) is 20.6. The van der Waals surface area contributed by atoms with Gasteiger partial charge in [-0.15, -0.1) is 10.2 Å². The van der Waals surface area contributed by atoms with E-state index in [0.717, 1.165) is 11.1 Å². The number of methoxy groups -OCH3 is 1. The van der Waals surface area contributed by atoms with Crippen LogP contribution in [0, 0.1) is 5.82 Å². The van der Waals surface area contributed by atoms with Crippen molar-refractivity contribution in [1.82, 2.24) is 20.1 Å². The van der Waals surface area contributed by atoms with Gasteiger partial charge in [-0.3, -0.25) is 14.2 Å². The molecule has 2 aromatic carbocycles. The maximum absolute atomic E-state index is 13.3. The van der Waals surface area contributed by atoms with Crippen LogP contribution in [-0.4, -0.2) is 46.0 Å². The number of nitrogens with zero attached hydrogens (tertiary/aromatic N) is 3. The minimum atomic E-state index is -0.519. The van der Waals surface area contributed by atoms with Gasteiger partial charge >= 0.3 is 5.97 Å². The molecule has 0 radical (unpaired) electrons. The summed E-state index contributed by atoms with van der Waals surface area (Å²) in [6.07, 6.45) is 0. The molecule has 0 saturated carbocycles. The monoisotopic (exact) mass is 414 g/mol. The zero-order valence-corrected chi connectivity index (χ0v) is 16.5. The Morgan fingerprint density at radius 3 is 2.52 bits per heavy atom. The smallest absolute Gasteiger partial charge is 0.325 e. The van der Waals surface area contributed by atoms with E-state index in [1.807, 2.05) is 34.9 Å². The average Bonchev–Trinajstić information content (AvgIpc) is 3.14. The number of hydrogen-bond donors (Lipinski definition) is 1. The number of ether oxygens (including phenoxy) is 1. The molecule has 1 aromatic heterocycles. The molecular weight excluding hydrogens is 395 g/mol. The fourth-order valence-electron chi connectivity index (χ4n) is 2.54. The minimum absolute atomic E-state index is 0.0628. The summed E-state index contributed by atoms with van der Waals surface area (Å²) in [4.78, 5) is 23.1. The third-order valence-electron chi connectivity index (χ3n) is 3.99. The fourth-order valence-corrected chi connectivity index (χ4v) is 3.31. The van der Waals surface area contributed by atoms with E-state index in [-0.39, 0.29) is 24.0 Å². The molecule has 0 spiro atoms. The van der Waals surface area contributed by atoms with E-state index in [4.69, 9.17) is 0 Å². The van der Waals surface area contributed by atoms with Crippen molar-refractivity contribution < 1.29 is 18.7 Å². The van der Waals surface area contributed by atoms with Gasteiger partial charge in [0, 0.05) is 5.56 Å². The topological polar surface area (TPSA) is 86.1 Å². The molecule has 0 aliphatic heterocycles. The maximum Gasteiger partial charge on any atom is 0.325 e. The Hall–Kier alpha value is -3.20. The van der Waals surface area contributed by atoms with Gasteiger partial charge in [0.25, 0.3) is 0 Å². The number of carbonyl (C=O) groups is 2. The summed E-state index contributed by atoms with van der Waals surface area (Å²) in [7, 11) is 1.26. The number of benzene rings is 2. The molecule has 0 aliphatic carbocycles. The fraction of sp³-hybridized carbons (Fsp3) is 0.200. The number of amides is 1. The van der Waals surface area contributed by atoms with Crippen LogP contribution >= 0.6 is 11.8 Å². The van der Waals surface area contributed by atoms with Gasteiger partial charge in [0.2, 0.25) is 5.91 Å².